The minimum atomic E-state index is -0.907. The first-order valence-corrected chi connectivity index (χ1v) is 8.01. The summed E-state index contributed by atoms with van der Waals surface area (Å²) in [4.78, 5) is 25.3. The molecule has 1 rings (SSSR count). The van der Waals surface area contributed by atoms with Crippen molar-refractivity contribution in [2.75, 3.05) is 12.0 Å². The Kier molecular flexibility index (Phi) is 5.47. The van der Waals surface area contributed by atoms with Crippen molar-refractivity contribution in [3.63, 3.8) is 0 Å². The van der Waals surface area contributed by atoms with E-state index in [-0.39, 0.29) is 30.3 Å². The second kappa shape index (κ2) is 6.43. The van der Waals surface area contributed by atoms with Crippen LogP contribution in [0.4, 0.5) is 0 Å². The molecule has 0 aliphatic carbocycles. The molecule has 0 aromatic carbocycles. The molecule has 0 radical (unpaired) electrons. The zero-order valence-electron chi connectivity index (χ0n) is 11.4. The molecule has 0 spiro atoms. The quantitative estimate of drug-likeness (QED) is 0.706. The summed E-state index contributed by atoms with van der Waals surface area (Å²) in [7, 11) is -0.907. The number of rotatable bonds is 6. The average Bonchev–Trinajstić information content (AvgIpc) is 2.52. The normalized spacial score (nSPS) is 25.3. The number of amides is 2. The van der Waals surface area contributed by atoms with Crippen molar-refractivity contribution in [3.8, 4) is 0 Å². The molecule has 6 heteroatoms. The predicted octanol–water partition coefficient (Wildman–Crippen LogP) is 0.269. The van der Waals surface area contributed by atoms with Crippen LogP contribution in [-0.4, -0.2) is 51.1 Å². The Morgan fingerprint density at radius 3 is 2.56 bits per heavy atom. The van der Waals surface area contributed by atoms with E-state index in [0.29, 0.717) is 5.75 Å². The van der Waals surface area contributed by atoms with E-state index in [0.717, 1.165) is 6.42 Å². The Bertz CT molecular complexity index is 359. The van der Waals surface area contributed by atoms with Gasteiger partial charge in [0.2, 0.25) is 11.8 Å². The maximum Gasteiger partial charge on any atom is 0.247 e. The molecule has 104 valence electrons. The molecule has 1 aliphatic rings. The van der Waals surface area contributed by atoms with Gasteiger partial charge in [-0.15, -0.1) is 0 Å². The molecule has 4 atom stereocenters. The number of carbonyl (C=O) groups excluding carboxylic acids is 2. The molecule has 1 saturated heterocycles. The lowest BCUT2D eigenvalue weighted by Crippen LogP contribution is -2.46. The topological polar surface area (TPSA) is 66.5 Å². The Morgan fingerprint density at radius 2 is 2.06 bits per heavy atom. The molecule has 2 amide bonds. The molecule has 0 bridgehead atoms. The SMILES string of the molecule is CCC(C)N1C(=O)CC(NC(C)CS(C)=O)C1=O. The van der Waals surface area contributed by atoms with Crippen molar-refractivity contribution >= 4 is 22.6 Å². The van der Waals surface area contributed by atoms with Gasteiger partial charge in [-0.05, 0) is 20.3 Å². The van der Waals surface area contributed by atoms with E-state index in [1.54, 1.807) is 6.26 Å². The first-order chi connectivity index (χ1) is 8.36. The van der Waals surface area contributed by atoms with E-state index in [1.807, 2.05) is 20.8 Å². The van der Waals surface area contributed by atoms with Crippen LogP contribution in [0.2, 0.25) is 0 Å². The lowest BCUT2D eigenvalue weighted by molar-refractivity contribution is -0.141. The summed E-state index contributed by atoms with van der Waals surface area (Å²) in [5.41, 5.74) is 0. The number of imide groups is 1. The van der Waals surface area contributed by atoms with Crippen LogP contribution in [0.3, 0.4) is 0 Å². The summed E-state index contributed by atoms with van der Waals surface area (Å²) in [5, 5.41) is 3.09. The molecule has 0 aromatic rings. The summed E-state index contributed by atoms with van der Waals surface area (Å²) < 4.78 is 11.1. The summed E-state index contributed by atoms with van der Waals surface area (Å²) in [6.07, 6.45) is 2.61. The second-order valence-electron chi connectivity index (χ2n) is 4.92. The Labute approximate surface area is 111 Å². The maximum atomic E-state index is 12.1. The fraction of sp³-hybridized carbons (Fsp3) is 0.833. The van der Waals surface area contributed by atoms with Gasteiger partial charge >= 0.3 is 0 Å². The van der Waals surface area contributed by atoms with E-state index in [1.165, 1.54) is 4.90 Å². The standard InChI is InChI=1S/C12H22N2O3S/c1-5-9(3)14-11(15)6-10(12(14)16)13-8(2)7-18(4)17/h8-10,13H,5-7H2,1-4H3. The predicted molar refractivity (Wildman–Crippen MR) is 71.5 cm³/mol. The Balaban J connectivity index is 2.63. The smallest absolute Gasteiger partial charge is 0.247 e. The van der Waals surface area contributed by atoms with E-state index >= 15 is 0 Å². The average molecular weight is 274 g/mol. The fourth-order valence-corrected chi connectivity index (χ4v) is 2.97. The molecule has 1 fully saturated rings. The van der Waals surface area contributed by atoms with Gasteiger partial charge in [-0.1, -0.05) is 6.92 Å². The molecule has 1 aliphatic heterocycles. The molecule has 1 N–H and O–H groups in total. The maximum absolute atomic E-state index is 12.1. The zero-order chi connectivity index (χ0) is 13.9. The summed E-state index contributed by atoms with van der Waals surface area (Å²) >= 11 is 0. The minimum absolute atomic E-state index is 0.0329. The number of carbonyl (C=O) groups is 2. The molecule has 0 saturated carbocycles. The lowest BCUT2D eigenvalue weighted by Gasteiger charge is -2.22. The van der Waals surface area contributed by atoms with Crippen molar-refractivity contribution in [2.24, 2.45) is 0 Å². The Hall–Kier alpha value is -0.750. The monoisotopic (exact) mass is 274 g/mol. The lowest BCUT2D eigenvalue weighted by atomic mass is 10.2. The van der Waals surface area contributed by atoms with Gasteiger partial charge in [0.15, 0.2) is 0 Å². The van der Waals surface area contributed by atoms with Gasteiger partial charge in [-0.2, -0.15) is 0 Å². The van der Waals surface area contributed by atoms with Gasteiger partial charge in [0, 0.05) is 34.9 Å². The molecule has 18 heavy (non-hydrogen) atoms. The largest absolute Gasteiger partial charge is 0.302 e. The third kappa shape index (κ3) is 3.62. The molecule has 5 nitrogen and oxygen atoms in total. The van der Waals surface area contributed by atoms with E-state index in [9.17, 15) is 13.8 Å². The van der Waals surface area contributed by atoms with Gasteiger partial charge in [-0.3, -0.25) is 18.7 Å². The van der Waals surface area contributed by atoms with Crippen molar-refractivity contribution in [2.45, 2.75) is 51.7 Å². The minimum Gasteiger partial charge on any atom is -0.302 e. The highest BCUT2D eigenvalue weighted by atomic mass is 32.2. The molecule has 4 unspecified atom stereocenters. The Morgan fingerprint density at radius 1 is 1.44 bits per heavy atom. The third-order valence-electron chi connectivity index (χ3n) is 3.18. The number of likely N-dealkylation sites (tertiary alicyclic amines) is 1. The zero-order valence-corrected chi connectivity index (χ0v) is 12.3. The van der Waals surface area contributed by atoms with Crippen LogP contribution in [-0.2, 0) is 20.4 Å². The molecular formula is C12H22N2O3S. The molecule has 1 heterocycles. The van der Waals surface area contributed by atoms with Gasteiger partial charge in [0.1, 0.15) is 0 Å². The van der Waals surface area contributed by atoms with Crippen LogP contribution in [0, 0.1) is 0 Å². The van der Waals surface area contributed by atoms with Crippen molar-refractivity contribution < 1.29 is 13.8 Å². The summed E-state index contributed by atoms with van der Waals surface area (Å²) in [5.74, 6) is 0.223. The summed E-state index contributed by atoms with van der Waals surface area (Å²) in [6, 6.07) is -0.535. The highest BCUT2D eigenvalue weighted by molar-refractivity contribution is 7.84. The molecule has 0 aromatic heterocycles. The number of hydrogen-bond acceptors (Lipinski definition) is 4. The van der Waals surface area contributed by atoms with Crippen molar-refractivity contribution in [1.29, 1.82) is 0 Å². The van der Waals surface area contributed by atoms with Crippen LogP contribution >= 0.6 is 0 Å². The third-order valence-corrected chi connectivity index (χ3v) is 4.15. The number of nitrogens with one attached hydrogen (secondary N) is 1. The second-order valence-corrected chi connectivity index (χ2v) is 6.40. The van der Waals surface area contributed by atoms with Crippen molar-refractivity contribution in [1.82, 2.24) is 10.2 Å². The van der Waals surface area contributed by atoms with Crippen LogP contribution in [0.25, 0.3) is 0 Å². The highest BCUT2D eigenvalue weighted by Crippen LogP contribution is 2.18. The van der Waals surface area contributed by atoms with Gasteiger partial charge in [-0.25, -0.2) is 0 Å². The highest BCUT2D eigenvalue weighted by Gasteiger charge is 2.40. The van der Waals surface area contributed by atoms with Crippen LogP contribution in [0.15, 0.2) is 0 Å². The van der Waals surface area contributed by atoms with Crippen molar-refractivity contribution in [3.05, 3.63) is 0 Å². The van der Waals surface area contributed by atoms with E-state index < -0.39 is 16.8 Å². The van der Waals surface area contributed by atoms with Gasteiger partial charge in [0.25, 0.3) is 0 Å². The first kappa shape index (κ1) is 15.3. The fourth-order valence-electron chi connectivity index (χ4n) is 2.17. The van der Waals surface area contributed by atoms with E-state index in [4.69, 9.17) is 0 Å². The van der Waals surface area contributed by atoms with Crippen LogP contribution < -0.4 is 5.32 Å². The van der Waals surface area contributed by atoms with E-state index in [2.05, 4.69) is 5.32 Å². The summed E-state index contributed by atoms with van der Waals surface area (Å²) in [6.45, 7) is 5.71. The van der Waals surface area contributed by atoms with Gasteiger partial charge in [0.05, 0.1) is 12.5 Å². The molecular weight excluding hydrogens is 252 g/mol. The first-order valence-electron chi connectivity index (χ1n) is 6.28. The number of hydrogen-bond donors (Lipinski definition) is 1. The number of nitrogens with zero attached hydrogens (tertiary/aromatic N) is 1. The van der Waals surface area contributed by atoms with Gasteiger partial charge < -0.3 is 5.32 Å². The van der Waals surface area contributed by atoms with Crippen LogP contribution in [0.5, 0.6) is 0 Å². The van der Waals surface area contributed by atoms with Crippen LogP contribution in [0.1, 0.15) is 33.6 Å².